The summed E-state index contributed by atoms with van der Waals surface area (Å²) >= 11 is 0. The number of H-pyrrole nitrogens is 1. The number of aromatic amines is 1. The zero-order chi connectivity index (χ0) is 39.2. The highest BCUT2D eigenvalue weighted by molar-refractivity contribution is 6.06. The van der Waals surface area contributed by atoms with Crippen molar-refractivity contribution in [2.24, 2.45) is 11.8 Å². The number of aromatic carboxylic acids is 1. The van der Waals surface area contributed by atoms with Gasteiger partial charge in [-0.2, -0.15) is 5.10 Å². The Morgan fingerprint density at radius 3 is 2.28 bits per heavy atom. The molecule has 1 heterocycles. The Morgan fingerprint density at radius 2 is 1.65 bits per heavy atom. The van der Waals surface area contributed by atoms with Crippen molar-refractivity contribution >= 4 is 46.4 Å². The maximum absolute atomic E-state index is 13.9. The summed E-state index contributed by atoms with van der Waals surface area (Å²) in [5, 5.41) is 28.4. The number of fused-ring (bicyclic) bond motifs is 1. The van der Waals surface area contributed by atoms with Crippen LogP contribution in [0.15, 0.2) is 60.8 Å². The molecule has 1 fully saturated rings. The molecule has 1 aliphatic rings. The number of carbonyl (C=O) groups is 5. The number of benzene rings is 3. The first kappa shape index (κ1) is 39.5. The Balaban J connectivity index is 1.30. The van der Waals surface area contributed by atoms with E-state index < -0.39 is 29.6 Å². The number of ether oxygens (including phenoxy) is 1. The molecule has 3 aromatic carbocycles. The molecule has 5 rings (SSSR count). The predicted molar refractivity (Wildman–Crippen MR) is 206 cm³/mol. The number of hydrogen-bond donors (Lipinski definition) is 6. The van der Waals surface area contributed by atoms with Crippen LogP contribution in [0.25, 0.3) is 22.0 Å². The molecule has 1 aromatic heterocycles. The van der Waals surface area contributed by atoms with E-state index >= 15 is 0 Å². The van der Waals surface area contributed by atoms with Crippen molar-refractivity contribution in [1.82, 2.24) is 26.1 Å². The number of hydrogen-bond acceptors (Lipinski definition) is 7. The molecule has 4 aromatic rings. The second-order valence-corrected chi connectivity index (χ2v) is 15.4. The molecule has 1 atom stereocenters. The van der Waals surface area contributed by atoms with Crippen molar-refractivity contribution < 1.29 is 33.8 Å². The number of carboxylic acids is 1. The van der Waals surface area contributed by atoms with E-state index in [0.717, 1.165) is 35.1 Å². The fraction of sp³-hybridized carbons (Fsp3) is 0.415. The fourth-order valence-corrected chi connectivity index (χ4v) is 6.73. The lowest BCUT2D eigenvalue weighted by Crippen LogP contribution is -2.48. The van der Waals surface area contributed by atoms with Crippen LogP contribution in [0.5, 0.6) is 0 Å². The average Bonchev–Trinajstić information content (AvgIpc) is 3.58. The first-order valence-electron chi connectivity index (χ1n) is 18.4. The summed E-state index contributed by atoms with van der Waals surface area (Å²) in [5.74, 6) is -2.14. The number of rotatable bonds is 12. The summed E-state index contributed by atoms with van der Waals surface area (Å²) < 4.78 is 5.34. The molecule has 0 bridgehead atoms. The van der Waals surface area contributed by atoms with Gasteiger partial charge in [0.2, 0.25) is 11.8 Å². The minimum absolute atomic E-state index is 0.0190. The fourth-order valence-electron chi connectivity index (χ4n) is 6.73. The molecule has 0 radical (unpaired) electrons. The highest BCUT2D eigenvalue weighted by atomic mass is 16.6. The van der Waals surface area contributed by atoms with Crippen LogP contribution in [0.4, 0.5) is 10.5 Å². The van der Waals surface area contributed by atoms with Gasteiger partial charge in [0.25, 0.3) is 5.91 Å². The molecular formula is C41H50N6O7. The molecular weight excluding hydrogens is 688 g/mol. The van der Waals surface area contributed by atoms with Gasteiger partial charge in [-0.1, -0.05) is 30.3 Å². The van der Waals surface area contributed by atoms with E-state index in [4.69, 9.17) is 4.74 Å². The van der Waals surface area contributed by atoms with E-state index in [9.17, 15) is 29.1 Å². The monoisotopic (exact) mass is 738 g/mol. The van der Waals surface area contributed by atoms with Crippen molar-refractivity contribution in [1.29, 1.82) is 0 Å². The van der Waals surface area contributed by atoms with E-state index in [1.807, 2.05) is 77.9 Å². The smallest absolute Gasteiger partial charge is 0.407 e. The Labute approximate surface area is 315 Å². The molecule has 6 N–H and O–H groups in total. The maximum atomic E-state index is 13.9. The molecule has 0 aliphatic heterocycles. The normalized spacial score (nSPS) is 16.4. The van der Waals surface area contributed by atoms with Crippen LogP contribution < -0.4 is 21.3 Å². The van der Waals surface area contributed by atoms with Gasteiger partial charge in [0.15, 0.2) is 0 Å². The van der Waals surface area contributed by atoms with Crippen molar-refractivity contribution in [2.45, 2.75) is 91.3 Å². The zero-order valence-electron chi connectivity index (χ0n) is 31.7. The van der Waals surface area contributed by atoms with Crippen molar-refractivity contribution in [3.63, 3.8) is 0 Å². The van der Waals surface area contributed by atoms with Gasteiger partial charge in [0.05, 0.1) is 17.3 Å². The second-order valence-electron chi connectivity index (χ2n) is 15.4. The van der Waals surface area contributed by atoms with E-state index in [1.54, 1.807) is 12.1 Å². The number of nitrogens with zero attached hydrogens (tertiary/aromatic N) is 1. The number of alkyl carbamates (subject to hydrolysis) is 1. The summed E-state index contributed by atoms with van der Waals surface area (Å²) in [4.78, 5) is 64.2. The molecule has 13 heteroatoms. The number of amides is 4. The summed E-state index contributed by atoms with van der Waals surface area (Å²) in [5.41, 5.74) is 4.31. The topological polar surface area (TPSA) is 192 Å². The average molecular weight is 739 g/mol. The Kier molecular flexibility index (Phi) is 12.4. The van der Waals surface area contributed by atoms with Gasteiger partial charge in [-0.3, -0.25) is 19.5 Å². The molecule has 0 saturated heterocycles. The maximum Gasteiger partial charge on any atom is 0.407 e. The van der Waals surface area contributed by atoms with Gasteiger partial charge in [-0.05, 0) is 120 Å². The highest BCUT2D eigenvalue weighted by Crippen LogP contribution is 2.30. The lowest BCUT2D eigenvalue weighted by molar-refractivity contribution is -0.130. The molecule has 0 unspecified atom stereocenters. The molecule has 1 aliphatic carbocycles. The van der Waals surface area contributed by atoms with E-state index in [0.29, 0.717) is 35.9 Å². The van der Waals surface area contributed by atoms with Crippen LogP contribution >= 0.6 is 0 Å². The van der Waals surface area contributed by atoms with Gasteiger partial charge in [-0.25, -0.2) is 9.59 Å². The molecule has 4 amide bonds. The molecule has 0 spiro atoms. The first-order valence-corrected chi connectivity index (χ1v) is 18.4. The van der Waals surface area contributed by atoms with Crippen molar-refractivity contribution in [3.05, 3.63) is 83.0 Å². The lowest BCUT2D eigenvalue weighted by atomic mass is 9.81. The third-order valence-corrected chi connectivity index (χ3v) is 9.45. The van der Waals surface area contributed by atoms with Crippen LogP contribution in [0.3, 0.4) is 0 Å². The number of aromatic nitrogens is 2. The Hall–Kier alpha value is -5.72. The van der Waals surface area contributed by atoms with Crippen LogP contribution in [0.1, 0.15) is 92.1 Å². The number of carbonyl (C=O) groups excluding carboxylic acids is 4. The van der Waals surface area contributed by atoms with Crippen LogP contribution in [0, 0.1) is 18.8 Å². The molecule has 54 heavy (non-hydrogen) atoms. The van der Waals surface area contributed by atoms with Crippen LogP contribution in [0.2, 0.25) is 0 Å². The summed E-state index contributed by atoms with van der Waals surface area (Å²) in [6.45, 7) is 11.7. The van der Waals surface area contributed by atoms with Crippen molar-refractivity contribution in [2.75, 3.05) is 11.9 Å². The van der Waals surface area contributed by atoms with E-state index in [-0.39, 0.29) is 47.4 Å². The largest absolute Gasteiger partial charge is 0.478 e. The number of carboxylic acid groups (broad SMARTS) is 1. The van der Waals surface area contributed by atoms with Crippen LogP contribution in [-0.4, -0.2) is 69.3 Å². The molecule has 286 valence electrons. The minimum atomic E-state index is -1.16. The molecule has 1 saturated carbocycles. The quantitative estimate of drug-likeness (QED) is 0.0966. The lowest BCUT2D eigenvalue weighted by Gasteiger charge is -2.29. The van der Waals surface area contributed by atoms with Gasteiger partial charge >= 0.3 is 12.1 Å². The second kappa shape index (κ2) is 17.0. The highest BCUT2D eigenvalue weighted by Gasteiger charge is 2.30. The minimum Gasteiger partial charge on any atom is -0.478 e. The van der Waals surface area contributed by atoms with Gasteiger partial charge in [0, 0.05) is 41.6 Å². The van der Waals surface area contributed by atoms with E-state index in [1.165, 1.54) is 12.3 Å². The standard InChI is InChI=1S/C41H50N6O7/c1-23(2)44-37(49)29-15-16-31(24(3)17-29)27-11-7-25(8-12-27)18-35(38(50)45-30-19-32(39(51)52)33-22-43-47-34(33)20-30)46-36(48)28-13-9-26(10-14-28)21-42-40(53)54-41(4,5)6/h7-8,11-12,15-17,19-20,22-23,26,28,35H,9-10,13-14,18,21H2,1-6H3,(H,42,53)(H,43,47)(H,44,49)(H,45,50)(H,46,48)(H,51,52)/t26?,28?,35-/m0/s1. The third-order valence-electron chi connectivity index (χ3n) is 9.45. The van der Waals surface area contributed by atoms with Gasteiger partial charge in [-0.15, -0.1) is 0 Å². The number of anilines is 1. The summed E-state index contributed by atoms with van der Waals surface area (Å²) in [6, 6.07) is 15.3. The Morgan fingerprint density at radius 1 is 0.944 bits per heavy atom. The molecule has 13 nitrogen and oxygen atoms in total. The summed E-state index contributed by atoms with van der Waals surface area (Å²) in [7, 11) is 0. The SMILES string of the molecule is Cc1cc(C(=O)NC(C)C)ccc1-c1ccc(C[C@H](NC(=O)C2CCC(CNC(=O)OC(C)(C)C)CC2)C(=O)Nc2cc(C(=O)O)c3cn[nH]c3c2)cc1. The van der Waals surface area contributed by atoms with Crippen molar-refractivity contribution in [3.8, 4) is 11.1 Å². The number of nitrogens with one attached hydrogen (secondary N) is 5. The number of aryl methyl sites for hydroxylation is 1. The van der Waals surface area contributed by atoms with Gasteiger partial charge in [0.1, 0.15) is 11.6 Å². The zero-order valence-corrected chi connectivity index (χ0v) is 31.7. The first-order chi connectivity index (χ1) is 25.6. The third kappa shape index (κ3) is 10.5. The van der Waals surface area contributed by atoms with Gasteiger partial charge < -0.3 is 31.1 Å². The van der Waals surface area contributed by atoms with Crippen LogP contribution in [-0.2, 0) is 20.7 Å². The van der Waals surface area contributed by atoms with E-state index in [2.05, 4.69) is 31.5 Å². The summed E-state index contributed by atoms with van der Waals surface area (Å²) in [6.07, 6.45) is 3.80. The predicted octanol–water partition coefficient (Wildman–Crippen LogP) is 6.37. The Bertz CT molecular complexity index is 2010.